The van der Waals surface area contributed by atoms with Crippen LogP contribution in [0.15, 0.2) is 30.3 Å². The maximum absolute atomic E-state index is 12.5. The van der Waals surface area contributed by atoms with Crippen LogP contribution in [-0.4, -0.2) is 31.6 Å². The summed E-state index contributed by atoms with van der Waals surface area (Å²) >= 11 is 0. The standard InChI is InChI=1S/C22H26N2O4/c1-14-11-15(2)22(16(3)12-14)23-21(26)7-8-24(17(4)25)18-5-6-19-20(13-18)28-10-9-27-19/h5-6,11-13H,7-10H2,1-4H3,(H,23,26). The van der Waals surface area contributed by atoms with Crippen LogP contribution in [-0.2, 0) is 9.59 Å². The van der Waals surface area contributed by atoms with Crippen molar-refractivity contribution in [2.45, 2.75) is 34.1 Å². The Kier molecular flexibility index (Phi) is 5.87. The summed E-state index contributed by atoms with van der Waals surface area (Å²) in [4.78, 5) is 26.2. The lowest BCUT2D eigenvalue weighted by atomic mass is 10.0. The number of carbonyl (C=O) groups is 2. The number of benzene rings is 2. The summed E-state index contributed by atoms with van der Waals surface area (Å²) in [6.45, 7) is 8.76. The molecule has 2 aromatic rings. The van der Waals surface area contributed by atoms with Crippen LogP contribution < -0.4 is 19.7 Å². The van der Waals surface area contributed by atoms with Gasteiger partial charge in [-0.25, -0.2) is 0 Å². The molecule has 1 heterocycles. The van der Waals surface area contributed by atoms with Gasteiger partial charge in [-0.1, -0.05) is 17.7 Å². The molecule has 0 unspecified atom stereocenters. The summed E-state index contributed by atoms with van der Waals surface area (Å²) in [5, 5.41) is 2.98. The first-order chi connectivity index (χ1) is 13.3. The molecular weight excluding hydrogens is 356 g/mol. The minimum absolute atomic E-state index is 0.126. The van der Waals surface area contributed by atoms with Gasteiger partial charge >= 0.3 is 0 Å². The maximum atomic E-state index is 12.5. The molecule has 3 rings (SSSR count). The van der Waals surface area contributed by atoms with Crippen LogP contribution >= 0.6 is 0 Å². The summed E-state index contributed by atoms with van der Waals surface area (Å²) in [5.41, 5.74) is 4.74. The second kappa shape index (κ2) is 8.33. The summed E-state index contributed by atoms with van der Waals surface area (Å²) in [5.74, 6) is 1.03. The van der Waals surface area contributed by atoms with Crippen LogP contribution in [0.25, 0.3) is 0 Å². The average Bonchev–Trinajstić information content (AvgIpc) is 2.64. The van der Waals surface area contributed by atoms with Crippen LogP contribution in [0.1, 0.15) is 30.0 Å². The van der Waals surface area contributed by atoms with Gasteiger partial charge in [-0.15, -0.1) is 0 Å². The Morgan fingerprint density at radius 2 is 1.64 bits per heavy atom. The van der Waals surface area contributed by atoms with Gasteiger partial charge in [0.05, 0.1) is 0 Å². The van der Waals surface area contributed by atoms with Gasteiger partial charge in [-0.3, -0.25) is 9.59 Å². The Hall–Kier alpha value is -3.02. The lowest BCUT2D eigenvalue weighted by molar-refractivity contribution is -0.117. The van der Waals surface area contributed by atoms with Crippen molar-refractivity contribution >= 4 is 23.2 Å². The highest BCUT2D eigenvalue weighted by Crippen LogP contribution is 2.34. The predicted molar refractivity (Wildman–Crippen MR) is 109 cm³/mol. The molecule has 0 aliphatic carbocycles. The first kappa shape index (κ1) is 19.7. The fourth-order valence-corrected chi connectivity index (χ4v) is 3.46. The molecule has 2 aromatic carbocycles. The minimum atomic E-state index is -0.132. The molecule has 0 fully saturated rings. The number of ether oxygens (including phenoxy) is 2. The van der Waals surface area contributed by atoms with E-state index in [1.54, 1.807) is 23.1 Å². The minimum Gasteiger partial charge on any atom is -0.486 e. The molecule has 1 aliphatic heterocycles. The van der Waals surface area contributed by atoms with E-state index in [2.05, 4.69) is 5.32 Å². The van der Waals surface area contributed by atoms with Gasteiger partial charge in [0, 0.05) is 37.3 Å². The smallest absolute Gasteiger partial charge is 0.226 e. The van der Waals surface area contributed by atoms with Crippen molar-refractivity contribution < 1.29 is 19.1 Å². The van der Waals surface area contributed by atoms with Crippen LogP contribution in [0, 0.1) is 20.8 Å². The van der Waals surface area contributed by atoms with Crippen molar-refractivity contribution in [1.29, 1.82) is 0 Å². The molecule has 6 nitrogen and oxygen atoms in total. The molecule has 6 heteroatoms. The molecule has 0 saturated heterocycles. The second-order valence-electron chi connectivity index (χ2n) is 7.07. The molecule has 0 aromatic heterocycles. The number of hydrogen-bond donors (Lipinski definition) is 1. The van der Waals surface area contributed by atoms with Gasteiger partial charge in [0.1, 0.15) is 13.2 Å². The molecule has 1 N–H and O–H groups in total. The highest BCUT2D eigenvalue weighted by atomic mass is 16.6. The fourth-order valence-electron chi connectivity index (χ4n) is 3.46. The van der Waals surface area contributed by atoms with Gasteiger partial charge in [0.2, 0.25) is 11.8 Å². The number of aryl methyl sites for hydroxylation is 3. The lowest BCUT2D eigenvalue weighted by Gasteiger charge is -2.24. The molecule has 2 amide bonds. The van der Waals surface area contributed by atoms with E-state index in [1.807, 2.05) is 32.9 Å². The number of fused-ring (bicyclic) bond motifs is 1. The zero-order valence-corrected chi connectivity index (χ0v) is 16.8. The van der Waals surface area contributed by atoms with Crippen molar-refractivity contribution in [3.8, 4) is 11.5 Å². The topological polar surface area (TPSA) is 67.9 Å². The largest absolute Gasteiger partial charge is 0.486 e. The van der Waals surface area contributed by atoms with E-state index in [-0.39, 0.29) is 24.8 Å². The first-order valence-corrected chi connectivity index (χ1v) is 9.40. The van der Waals surface area contributed by atoms with Gasteiger partial charge < -0.3 is 19.7 Å². The highest BCUT2D eigenvalue weighted by molar-refractivity contribution is 5.95. The number of nitrogens with one attached hydrogen (secondary N) is 1. The summed E-state index contributed by atoms with van der Waals surface area (Å²) in [6, 6.07) is 9.46. The molecular formula is C22H26N2O4. The van der Waals surface area contributed by atoms with E-state index in [4.69, 9.17) is 9.47 Å². The predicted octanol–water partition coefficient (Wildman–Crippen LogP) is 3.76. The third-order valence-corrected chi connectivity index (χ3v) is 4.72. The van der Waals surface area contributed by atoms with E-state index in [0.717, 1.165) is 22.4 Å². The lowest BCUT2D eigenvalue weighted by Crippen LogP contribution is -2.32. The summed E-state index contributed by atoms with van der Waals surface area (Å²) in [6.07, 6.45) is 0.195. The van der Waals surface area contributed by atoms with Crippen molar-refractivity contribution in [3.63, 3.8) is 0 Å². The van der Waals surface area contributed by atoms with Crippen molar-refractivity contribution in [3.05, 3.63) is 47.0 Å². The van der Waals surface area contributed by atoms with Crippen LogP contribution in [0.3, 0.4) is 0 Å². The summed E-state index contributed by atoms with van der Waals surface area (Å²) < 4.78 is 11.1. The SMILES string of the molecule is CC(=O)N(CCC(=O)Nc1c(C)cc(C)cc1C)c1ccc2c(c1)OCCO2. The van der Waals surface area contributed by atoms with Gasteiger partial charge in [0.25, 0.3) is 0 Å². The number of hydrogen-bond acceptors (Lipinski definition) is 4. The molecule has 0 atom stereocenters. The van der Waals surface area contributed by atoms with E-state index in [1.165, 1.54) is 6.92 Å². The average molecular weight is 382 g/mol. The normalized spacial score (nSPS) is 12.4. The Balaban J connectivity index is 1.69. The summed E-state index contributed by atoms with van der Waals surface area (Å²) in [7, 11) is 0. The van der Waals surface area contributed by atoms with Gasteiger partial charge in [0.15, 0.2) is 11.5 Å². The van der Waals surface area contributed by atoms with Gasteiger partial charge in [-0.2, -0.15) is 0 Å². The second-order valence-corrected chi connectivity index (χ2v) is 7.07. The molecule has 1 aliphatic rings. The van der Waals surface area contributed by atoms with Crippen molar-refractivity contribution in [2.75, 3.05) is 30.0 Å². The fraction of sp³-hybridized carbons (Fsp3) is 0.364. The number of amides is 2. The molecule has 0 radical (unpaired) electrons. The van der Waals surface area contributed by atoms with E-state index < -0.39 is 0 Å². The van der Waals surface area contributed by atoms with Gasteiger partial charge in [-0.05, 0) is 44.0 Å². The highest BCUT2D eigenvalue weighted by Gasteiger charge is 2.18. The van der Waals surface area contributed by atoms with Crippen LogP contribution in [0.2, 0.25) is 0 Å². The number of anilines is 2. The molecule has 28 heavy (non-hydrogen) atoms. The first-order valence-electron chi connectivity index (χ1n) is 9.40. The molecule has 148 valence electrons. The van der Waals surface area contributed by atoms with Crippen molar-refractivity contribution in [1.82, 2.24) is 0 Å². The molecule has 0 bridgehead atoms. The van der Waals surface area contributed by atoms with E-state index >= 15 is 0 Å². The van der Waals surface area contributed by atoms with Crippen molar-refractivity contribution in [2.24, 2.45) is 0 Å². The Morgan fingerprint density at radius 1 is 1.00 bits per heavy atom. The Labute approximate surface area is 165 Å². The number of rotatable bonds is 5. The number of carbonyl (C=O) groups excluding carboxylic acids is 2. The monoisotopic (exact) mass is 382 g/mol. The molecule has 0 saturated carbocycles. The quantitative estimate of drug-likeness (QED) is 0.855. The maximum Gasteiger partial charge on any atom is 0.226 e. The Morgan fingerprint density at radius 3 is 2.29 bits per heavy atom. The zero-order chi connectivity index (χ0) is 20.3. The van der Waals surface area contributed by atoms with Crippen LogP contribution in [0.4, 0.5) is 11.4 Å². The third-order valence-electron chi connectivity index (χ3n) is 4.72. The van der Waals surface area contributed by atoms with E-state index in [0.29, 0.717) is 30.4 Å². The van der Waals surface area contributed by atoms with E-state index in [9.17, 15) is 9.59 Å². The van der Waals surface area contributed by atoms with Crippen LogP contribution in [0.5, 0.6) is 11.5 Å². The molecule has 0 spiro atoms. The Bertz CT molecular complexity index is 884. The number of nitrogens with zero attached hydrogens (tertiary/aromatic N) is 1. The zero-order valence-electron chi connectivity index (χ0n) is 16.8. The third kappa shape index (κ3) is 4.44.